The highest BCUT2D eigenvalue weighted by Crippen LogP contribution is 2.25. The number of benzene rings is 2. The summed E-state index contributed by atoms with van der Waals surface area (Å²) in [7, 11) is -3.44. The van der Waals surface area contributed by atoms with Crippen LogP contribution in [0.25, 0.3) is 0 Å². The number of amides is 1. The van der Waals surface area contributed by atoms with Crippen LogP contribution in [-0.4, -0.2) is 40.3 Å². The summed E-state index contributed by atoms with van der Waals surface area (Å²) in [5.41, 5.74) is 2.79. The van der Waals surface area contributed by atoms with E-state index in [-0.39, 0.29) is 18.9 Å². The predicted molar refractivity (Wildman–Crippen MR) is 125 cm³/mol. The molecule has 0 aromatic heterocycles. The van der Waals surface area contributed by atoms with Gasteiger partial charge in [-0.2, -0.15) is 0 Å². The molecule has 0 unspecified atom stereocenters. The summed E-state index contributed by atoms with van der Waals surface area (Å²) >= 11 is 3.42. The molecule has 1 amide bonds. The normalized spacial score (nSPS) is 11.2. The van der Waals surface area contributed by atoms with Gasteiger partial charge in [0.25, 0.3) is 0 Å². The number of hydrogen-bond donors (Lipinski definition) is 1. The molecule has 0 aliphatic rings. The van der Waals surface area contributed by atoms with Gasteiger partial charge in [-0.1, -0.05) is 35.0 Å². The van der Waals surface area contributed by atoms with Gasteiger partial charge >= 0.3 is 0 Å². The van der Waals surface area contributed by atoms with Gasteiger partial charge in [0, 0.05) is 17.4 Å². The molecule has 2 rings (SSSR count). The summed E-state index contributed by atoms with van der Waals surface area (Å²) in [6, 6.07) is 13.3. The molecule has 2 aromatic rings. The Bertz CT molecular complexity index is 946. The highest BCUT2D eigenvalue weighted by Gasteiger charge is 2.18. The number of rotatable bonds is 11. The number of hydrogen-bond acceptors (Lipinski definition) is 4. The lowest BCUT2D eigenvalue weighted by molar-refractivity contribution is -0.121. The first-order chi connectivity index (χ1) is 14.2. The van der Waals surface area contributed by atoms with E-state index in [2.05, 4.69) is 28.2 Å². The van der Waals surface area contributed by atoms with Gasteiger partial charge in [-0.25, -0.2) is 8.42 Å². The molecular weight excluding hydrogens is 468 g/mol. The van der Waals surface area contributed by atoms with Crippen LogP contribution >= 0.6 is 15.9 Å². The first-order valence-electron chi connectivity index (χ1n) is 9.93. The van der Waals surface area contributed by atoms with Crippen molar-refractivity contribution >= 4 is 37.5 Å². The number of halogens is 1. The maximum absolute atomic E-state index is 12.2. The predicted octanol–water partition coefficient (Wildman–Crippen LogP) is 4.06. The van der Waals surface area contributed by atoms with Crippen LogP contribution in [0.2, 0.25) is 0 Å². The van der Waals surface area contributed by atoms with Crippen molar-refractivity contribution in [2.75, 3.05) is 30.3 Å². The molecule has 2 aromatic carbocycles. The Balaban J connectivity index is 1.76. The third-order valence-corrected chi connectivity index (χ3v) is 6.70. The van der Waals surface area contributed by atoms with Crippen LogP contribution in [0.4, 0.5) is 5.69 Å². The van der Waals surface area contributed by atoms with Gasteiger partial charge in [-0.15, -0.1) is 0 Å². The Morgan fingerprint density at radius 1 is 1.17 bits per heavy atom. The number of ether oxygens (including phenoxy) is 1. The number of nitrogens with one attached hydrogen (secondary N) is 1. The summed E-state index contributed by atoms with van der Waals surface area (Å²) in [6.07, 6.45) is 2.82. The lowest BCUT2D eigenvalue weighted by atomic mass is 10.2. The molecule has 0 bridgehead atoms. The number of carbonyl (C=O) groups is 1. The van der Waals surface area contributed by atoms with Gasteiger partial charge < -0.3 is 10.1 Å². The fraction of sp³-hybridized carbons (Fsp3) is 0.409. The van der Waals surface area contributed by atoms with Crippen molar-refractivity contribution in [1.82, 2.24) is 5.32 Å². The number of anilines is 1. The highest BCUT2D eigenvalue weighted by atomic mass is 79.9. The zero-order valence-corrected chi connectivity index (χ0v) is 20.1. The number of aryl methyl sites for hydroxylation is 2. The topological polar surface area (TPSA) is 75.7 Å². The Morgan fingerprint density at radius 2 is 1.87 bits per heavy atom. The Morgan fingerprint density at radius 3 is 2.47 bits per heavy atom. The smallest absolute Gasteiger partial charge is 0.232 e. The van der Waals surface area contributed by atoms with Crippen LogP contribution < -0.4 is 14.4 Å². The van der Waals surface area contributed by atoms with Crippen molar-refractivity contribution in [3.8, 4) is 5.75 Å². The van der Waals surface area contributed by atoms with Crippen molar-refractivity contribution < 1.29 is 17.9 Å². The van der Waals surface area contributed by atoms with Crippen molar-refractivity contribution in [2.45, 2.75) is 33.1 Å². The Kier molecular flexibility index (Phi) is 9.17. The maximum atomic E-state index is 12.2. The van der Waals surface area contributed by atoms with Crippen LogP contribution in [0.5, 0.6) is 5.75 Å². The molecule has 0 heterocycles. The minimum absolute atomic E-state index is 0.125. The third kappa shape index (κ3) is 7.65. The molecule has 30 heavy (non-hydrogen) atoms. The minimum Gasteiger partial charge on any atom is -0.492 e. The van der Waals surface area contributed by atoms with Crippen molar-refractivity contribution in [3.05, 3.63) is 58.1 Å². The monoisotopic (exact) mass is 496 g/mol. The largest absolute Gasteiger partial charge is 0.492 e. The molecule has 0 atom stereocenters. The van der Waals surface area contributed by atoms with E-state index < -0.39 is 10.0 Å². The molecule has 0 aliphatic carbocycles. The molecule has 0 saturated carbocycles. The summed E-state index contributed by atoms with van der Waals surface area (Å²) in [6.45, 7) is 5.02. The molecule has 8 heteroatoms. The standard InChI is InChI=1S/C22H29BrN2O4S/c1-4-18-7-10-20(11-8-18)29-15-13-24-22(26)6-5-14-25(30(3,27)28)19-9-12-21(23)17(2)16-19/h7-12,16H,4-6,13-15H2,1-3H3,(H,24,26). The number of nitrogens with zero attached hydrogens (tertiary/aromatic N) is 1. The average Bonchev–Trinajstić information content (AvgIpc) is 2.70. The number of carbonyl (C=O) groups excluding carboxylic acids is 1. The Labute approximate surface area is 187 Å². The van der Waals surface area contributed by atoms with Crippen LogP contribution in [0.3, 0.4) is 0 Å². The number of sulfonamides is 1. The third-order valence-electron chi connectivity index (χ3n) is 4.62. The van der Waals surface area contributed by atoms with Crippen LogP contribution in [0.1, 0.15) is 30.9 Å². The van der Waals surface area contributed by atoms with Gasteiger partial charge in [-0.3, -0.25) is 9.10 Å². The zero-order valence-electron chi connectivity index (χ0n) is 17.7. The van der Waals surface area contributed by atoms with E-state index in [0.29, 0.717) is 25.3 Å². The van der Waals surface area contributed by atoms with Crippen LogP contribution in [-0.2, 0) is 21.2 Å². The minimum atomic E-state index is -3.44. The molecule has 0 fully saturated rings. The van der Waals surface area contributed by atoms with Gasteiger partial charge in [0.2, 0.25) is 15.9 Å². The van der Waals surface area contributed by atoms with E-state index >= 15 is 0 Å². The van der Waals surface area contributed by atoms with Gasteiger partial charge in [0.1, 0.15) is 12.4 Å². The molecular formula is C22H29BrN2O4S. The molecule has 1 N–H and O–H groups in total. The van der Waals surface area contributed by atoms with Crippen LogP contribution in [0, 0.1) is 6.92 Å². The SMILES string of the molecule is CCc1ccc(OCCNC(=O)CCCN(c2ccc(Br)c(C)c2)S(C)(=O)=O)cc1. The fourth-order valence-corrected chi connectivity index (χ4v) is 4.13. The summed E-state index contributed by atoms with van der Waals surface area (Å²) < 4.78 is 32.2. The van der Waals surface area contributed by atoms with Gasteiger partial charge in [0.15, 0.2) is 0 Å². The molecule has 6 nitrogen and oxygen atoms in total. The van der Waals surface area contributed by atoms with E-state index in [1.807, 2.05) is 43.3 Å². The molecule has 0 saturated heterocycles. The quantitative estimate of drug-likeness (QED) is 0.475. The summed E-state index contributed by atoms with van der Waals surface area (Å²) in [5, 5.41) is 2.81. The summed E-state index contributed by atoms with van der Waals surface area (Å²) in [5.74, 6) is 0.649. The second-order valence-corrected chi connectivity index (χ2v) is 9.83. The van der Waals surface area contributed by atoms with E-state index in [1.165, 1.54) is 16.1 Å². The Hall–Kier alpha value is -2.06. The lowest BCUT2D eigenvalue weighted by Crippen LogP contribution is -2.33. The molecule has 164 valence electrons. The first kappa shape index (κ1) is 24.2. The van der Waals surface area contributed by atoms with Crippen LogP contribution in [0.15, 0.2) is 46.9 Å². The molecule has 0 aliphatic heterocycles. The van der Waals surface area contributed by atoms with E-state index in [9.17, 15) is 13.2 Å². The average molecular weight is 497 g/mol. The zero-order chi connectivity index (χ0) is 22.1. The van der Waals surface area contributed by atoms with Crippen molar-refractivity contribution in [2.24, 2.45) is 0 Å². The maximum Gasteiger partial charge on any atom is 0.232 e. The van der Waals surface area contributed by atoms with Gasteiger partial charge in [0.05, 0.1) is 18.5 Å². The highest BCUT2D eigenvalue weighted by molar-refractivity contribution is 9.10. The summed E-state index contributed by atoms with van der Waals surface area (Å²) in [4.78, 5) is 12.1. The van der Waals surface area contributed by atoms with Crippen molar-refractivity contribution in [1.29, 1.82) is 0 Å². The molecule has 0 radical (unpaired) electrons. The fourth-order valence-electron chi connectivity index (χ4n) is 2.92. The van der Waals surface area contributed by atoms with Crippen molar-refractivity contribution in [3.63, 3.8) is 0 Å². The van der Waals surface area contributed by atoms with E-state index in [4.69, 9.17) is 4.74 Å². The van der Waals surface area contributed by atoms with E-state index in [1.54, 1.807) is 6.07 Å². The second kappa shape index (κ2) is 11.4. The second-order valence-electron chi connectivity index (χ2n) is 7.07. The first-order valence-corrected chi connectivity index (χ1v) is 12.6. The lowest BCUT2D eigenvalue weighted by Gasteiger charge is -2.23. The molecule has 0 spiro atoms. The van der Waals surface area contributed by atoms with Gasteiger partial charge in [-0.05, 0) is 61.2 Å². The van der Waals surface area contributed by atoms with E-state index in [0.717, 1.165) is 22.2 Å².